The van der Waals surface area contributed by atoms with Crippen LogP contribution >= 0.6 is 0 Å². The van der Waals surface area contributed by atoms with E-state index in [4.69, 9.17) is 0 Å². The van der Waals surface area contributed by atoms with E-state index < -0.39 is 29.2 Å². The van der Waals surface area contributed by atoms with Crippen LogP contribution < -0.4 is 5.32 Å². The Labute approximate surface area is 97.1 Å². The van der Waals surface area contributed by atoms with E-state index in [0.717, 1.165) is 0 Å². The Kier molecular flexibility index (Phi) is 4.31. The predicted octanol–water partition coefficient (Wildman–Crippen LogP) is 3.34. The van der Waals surface area contributed by atoms with Crippen LogP contribution in [0.2, 0.25) is 0 Å². The molecule has 1 aromatic rings. The van der Waals surface area contributed by atoms with E-state index in [-0.39, 0.29) is 18.4 Å². The van der Waals surface area contributed by atoms with Crippen LogP contribution in [0.4, 0.5) is 23.2 Å². The number of anilines is 1. The topological polar surface area (TPSA) is 24.9 Å². The molecule has 0 aliphatic heterocycles. The number of halogens is 4. The number of nitrogens with zero attached hydrogens (tertiary/aromatic N) is 1. The van der Waals surface area contributed by atoms with Crippen LogP contribution in [-0.2, 0) is 0 Å². The highest BCUT2D eigenvalue weighted by Gasteiger charge is 2.21. The third kappa shape index (κ3) is 3.08. The largest absolute Gasteiger partial charge is 0.380 e. The molecule has 0 aliphatic carbocycles. The Morgan fingerprint density at radius 3 is 1.88 bits per heavy atom. The quantitative estimate of drug-likeness (QED) is 0.654. The van der Waals surface area contributed by atoms with Gasteiger partial charge in [0.15, 0.2) is 0 Å². The van der Waals surface area contributed by atoms with E-state index in [1.54, 1.807) is 0 Å². The van der Waals surface area contributed by atoms with Crippen molar-refractivity contribution in [2.75, 3.05) is 11.9 Å². The van der Waals surface area contributed by atoms with Gasteiger partial charge >= 0.3 is 0 Å². The van der Waals surface area contributed by atoms with Gasteiger partial charge in [-0.3, -0.25) is 0 Å². The molecule has 1 N–H and O–H groups in total. The Balaban J connectivity index is 2.91. The molecule has 1 rings (SSSR count). The van der Waals surface area contributed by atoms with E-state index >= 15 is 0 Å². The van der Waals surface area contributed by atoms with Gasteiger partial charge in [0.2, 0.25) is 11.6 Å². The molecule has 17 heavy (non-hydrogen) atoms. The molecule has 1 unspecified atom stereocenters. The van der Waals surface area contributed by atoms with E-state index in [2.05, 4.69) is 10.3 Å². The van der Waals surface area contributed by atoms with E-state index in [0.29, 0.717) is 0 Å². The summed E-state index contributed by atoms with van der Waals surface area (Å²) in [5, 5.41) is 2.37. The van der Waals surface area contributed by atoms with E-state index in [1.165, 1.54) is 0 Å². The highest BCUT2D eigenvalue weighted by atomic mass is 19.2. The first kappa shape index (κ1) is 13.7. The van der Waals surface area contributed by atoms with Gasteiger partial charge < -0.3 is 5.32 Å². The van der Waals surface area contributed by atoms with Crippen LogP contribution in [0.3, 0.4) is 0 Å². The van der Waals surface area contributed by atoms with Gasteiger partial charge in [0.1, 0.15) is 5.69 Å². The van der Waals surface area contributed by atoms with Gasteiger partial charge in [0.05, 0.1) is 0 Å². The van der Waals surface area contributed by atoms with Crippen LogP contribution in [0.15, 0.2) is 0 Å². The maximum atomic E-state index is 13.2. The van der Waals surface area contributed by atoms with Crippen LogP contribution in [0.1, 0.15) is 20.8 Å². The molecule has 96 valence electrons. The summed E-state index contributed by atoms with van der Waals surface area (Å²) in [5.74, 6) is -5.91. The van der Waals surface area contributed by atoms with Gasteiger partial charge in [-0.1, -0.05) is 20.8 Å². The Morgan fingerprint density at radius 1 is 1.00 bits per heavy atom. The molecule has 0 saturated carbocycles. The molecule has 1 aromatic heterocycles. The maximum absolute atomic E-state index is 13.2. The lowest BCUT2D eigenvalue weighted by atomic mass is 9.98. The smallest absolute Gasteiger partial charge is 0.253 e. The minimum atomic E-state index is -1.65. The zero-order chi connectivity index (χ0) is 13.2. The Morgan fingerprint density at radius 2 is 1.47 bits per heavy atom. The normalized spacial score (nSPS) is 12.9. The zero-order valence-electron chi connectivity index (χ0n) is 9.82. The van der Waals surface area contributed by atoms with Crippen molar-refractivity contribution in [2.24, 2.45) is 11.8 Å². The number of pyridine rings is 1. The second-order valence-corrected chi connectivity index (χ2v) is 4.30. The maximum Gasteiger partial charge on any atom is 0.253 e. The van der Waals surface area contributed by atoms with E-state index in [9.17, 15) is 17.6 Å². The molecule has 1 atom stereocenters. The van der Waals surface area contributed by atoms with Gasteiger partial charge in [-0.25, -0.2) is 0 Å². The molecule has 0 spiro atoms. The summed E-state index contributed by atoms with van der Waals surface area (Å²) in [4.78, 5) is 2.47. The van der Waals surface area contributed by atoms with E-state index in [1.807, 2.05) is 20.8 Å². The van der Waals surface area contributed by atoms with Crippen molar-refractivity contribution in [3.63, 3.8) is 0 Å². The van der Waals surface area contributed by atoms with Gasteiger partial charge in [0, 0.05) is 6.54 Å². The van der Waals surface area contributed by atoms with Crippen molar-refractivity contribution in [2.45, 2.75) is 20.8 Å². The van der Waals surface area contributed by atoms with Gasteiger partial charge in [0.25, 0.3) is 11.9 Å². The first-order valence-corrected chi connectivity index (χ1v) is 5.28. The SMILES string of the molecule is CC(C)C(C)CNc1c(F)c(F)nc(F)c1F. The molecule has 0 fully saturated rings. The van der Waals surface area contributed by atoms with Crippen molar-refractivity contribution in [3.8, 4) is 0 Å². The lowest BCUT2D eigenvalue weighted by molar-refractivity contribution is 0.405. The van der Waals surface area contributed by atoms with Crippen LogP contribution in [0.25, 0.3) is 0 Å². The molecule has 0 aromatic carbocycles. The molecule has 0 bridgehead atoms. The number of hydrogen-bond acceptors (Lipinski definition) is 2. The second kappa shape index (κ2) is 5.33. The van der Waals surface area contributed by atoms with Crippen molar-refractivity contribution >= 4 is 5.69 Å². The first-order chi connectivity index (χ1) is 7.84. The molecular weight excluding hydrogens is 236 g/mol. The van der Waals surface area contributed by atoms with Gasteiger partial charge in [-0.15, -0.1) is 0 Å². The molecule has 0 saturated heterocycles. The predicted molar refractivity (Wildman–Crippen MR) is 56.6 cm³/mol. The minimum Gasteiger partial charge on any atom is -0.380 e. The average molecular weight is 250 g/mol. The Bertz CT molecular complexity index is 381. The lowest BCUT2D eigenvalue weighted by Gasteiger charge is -2.17. The molecule has 0 amide bonds. The highest BCUT2D eigenvalue weighted by Crippen LogP contribution is 2.22. The summed E-state index contributed by atoms with van der Waals surface area (Å²) < 4.78 is 51.9. The third-order valence-electron chi connectivity index (χ3n) is 2.74. The summed E-state index contributed by atoms with van der Waals surface area (Å²) in [6.07, 6.45) is 0. The highest BCUT2D eigenvalue weighted by molar-refractivity contribution is 5.45. The minimum absolute atomic E-state index is 0.105. The van der Waals surface area contributed by atoms with Crippen molar-refractivity contribution in [1.29, 1.82) is 0 Å². The van der Waals surface area contributed by atoms with Gasteiger partial charge in [-0.05, 0) is 11.8 Å². The summed E-state index contributed by atoms with van der Waals surface area (Å²) in [5.41, 5.74) is -0.803. The first-order valence-electron chi connectivity index (χ1n) is 5.28. The molecule has 2 nitrogen and oxygen atoms in total. The molecular formula is C11H14F4N2. The fraction of sp³-hybridized carbons (Fsp3) is 0.545. The van der Waals surface area contributed by atoms with Crippen molar-refractivity contribution in [3.05, 3.63) is 23.5 Å². The number of hydrogen-bond donors (Lipinski definition) is 1. The van der Waals surface area contributed by atoms with Gasteiger partial charge in [-0.2, -0.15) is 22.5 Å². The molecule has 0 aliphatic rings. The molecule has 0 radical (unpaired) electrons. The lowest BCUT2D eigenvalue weighted by Crippen LogP contribution is -2.19. The Hall–Kier alpha value is -1.33. The second-order valence-electron chi connectivity index (χ2n) is 4.30. The third-order valence-corrected chi connectivity index (χ3v) is 2.74. The monoisotopic (exact) mass is 250 g/mol. The summed E-state index contributed by atoms with van der Waals surface area (Å²) in [6.45, 7) is 5.95. The van der Waals surface area contributed by atoms with Crippen LogP contribution in [0.5, 0.6) is 0 Å². The zero-order valence-corrected chi connectivity index (χ0v) is 9.82. The van der Waals surface area contributed by atoms with Crippen molar-refractivity contribution < 1.29 is 17.6 Å². The number of aromatic nitrogens is 1. The summed E-state index contributed by atoms with van der Waals surface area (Å²) in [7, 11) is 0. The summed E-state index contributed by atoms with van der Waals surface area (Å²) in [6, 6.07) is 0. The van der Waals surface area contributed by atoms with Crippen molar-refractivity contribution in [1.82, 2.24) is 4.98 Å². The molecule has 6 heteroatoms. The summed E-state index contributed by atoms with van der Waals surface area (Å²) >= 11 is 0. The van der Waals surface area contributed by atoms with Crippen LogP contribution in [-0.4, -0.2) is 11.5 Å². The fourth-order valence-electron chi connectivity index (χ4n) is 1.14. The number of rotatable bonds is 4. The number of nitrogens with one attached hydrogen (secondary N) is 1. The average Bonchev–Trinajstić information content (AvgIpc) is 2.26. The molecule has 1 heterocycles. The standard InChI is InChI=1S/C11H14F4N2/c1-5(2)6(3)4-16-9-7(12)10(14)17-11(15)8(9)13/h5-6H,4H2,1-3H3,(H,16,17). The fourth-order valence-corrected chi connectivity index (χ4v) is 1.14. The van der Waals surface area contributed by atoms with Crippen LogP contribution in [0, 0.1) is 35.4 Å².